The summed E-state index contributed by atoms with van der Waals surface area (Å²) in [6.45, 7) is 0. The third-order valence-corrected chi connectivity index (χ3v) is 5.75. The van der Waals surface area contributed by atoms with Gasteiger partial charge >= 0.3 is 5.03 Å². The quantitative estimate of drug-likeness (QED) is 0.421. The van der Waals surface area contributed by atoms with Crippen LogP contribution in [0.4, 0.5) is 10.1 Å². The average Bonchev–Trinajstić information content (AvgIpc) is 2.64. The van der Waals surface area contributed by atoms with Crippen molar-refractivity contribution in [2.24, 2.45) is 0 Å². The highest BCUT2D eigenvalue weighted by Gasteiger charge is 2.25. The van der Waals surface area contributed by atoms with E-state index in [2.05, 4.69) is 11.2 Å². The number of hydrogen-bond donors (Lipinski definition) is 2. The van der Waals surface area contributed by atoms with Gasteiger partial charge < -0.3 is 5.32 Å². The summed E-state index contributed by atoms with van der Waals surface area (Å²) < 4.78 is 26.5. The summed E-state index contributed by atoms with van der Waals surface area (Å²) in [7, 11) is -2.94. The van der Waals surface area contributed by atoms with Gasteiger partial charge in [-0.25, -0.2) is 4.39 Å². The van der Waals surface area contributed by atoms with Crippen LogP contribution in [0.15, 0.2) is 82.8 Å². The molecule has 1 atom stereocenters. The van der Waals surface area contributed by atoms with Gasteiger partial charge in [-0.15, -0.1) is 0 Å². The molecule has 26 heavy (non-hydrogen) atoms. The van der Waals surface area contributed by atoms with E-state index in [1.807, 2.05) is 0 Å². The molecule has 2 N–H and O–H groups in total. The van der Waals surface area contributed by atoms with Crippen LogP contribution in [0, 0.1) is 5.82 Å². The summed E-state index contributed by atoms with van der Waals surface area (Å²) in [5, 5.41) is 12.9. The van der Waals surface area contributed by atoms with E-state index in [1.165, 1.54) is 36.4 Å². The Hall–Kier alpha value is -3.19. The molecule has 0 aliphatic heterocycles. The number of amides is 1. The SMILES string of the molecule is C=S(=O)(c1ccccc1)c1ccc(C(=O)Nc2ccc(F)cc2)c[n+]1O. The van der Waals surface area contributed by atoms with Crippen LogP contribution < -0.4 is 10.0 Å². The Morgan fingerprint density at radius 3 is 2.31 bits per heavy atom. The van der Waals surface area contributed by atoms with Gasteiger partial charge in [0.05, 0.1) is 9.52 Å². The van der Waals surface area contributed by atoms with E-state index in [0.717, 1.165) is 6.20 Å². The summed E-state index contributed by atoms with van der Waals surface area (Å²) in [5.41, 5.74) is 0.555. The van der Waals surface area contributed by atoms with Crippen LogP contribution in [0.25, 0.3) is 0 Å². The first kappa shape index (κ1) is 17.6. The fraction of sp³-hybridized carbons (Fsp3) is 0. The number of hydrogen-bond acceptors (Lipinski definition) is 3. The van der Waals surface area contributed by atoms with E-state index in [0.29, 0.717) is 15.3 Å². The molecule has 3 rings (SSSR count). The largest absolute Gasteiger partial charge is 0.322 e. The topological polar surface area (TPSA) is 70.3 Å². The second kappa shape index (κ2) is 6.97. The maximum Gasteiger partial charge on any atom is 0.316 e. The summed E-state index contributed by atoms with van der Waals surface area (Å²) in [6.07, 6.45) is 1.15. The minimum atomic E-state index is -2.94. The molecule has 0 fully saturated rings. The molecule has 0 aliphatic rings. The Labute approximate surface area is 150 Å². The normalized spacial score (nSPS) is 13.0. The van der Waals surface area contributed by atoms with Gasteiger partial charge in [-0.2, -0.15) is 0 Å². The van der Waals surface area contributed by atoms with E-state index in [9.17, 15) is 18.6 Å². The van der Waals surface area contributed by atoms with Crippen molar-refractivity contribution in [2.45, 2.75) is 9.92 Å². The molecular formula is C19H16FN2O3S+. The fourth-order valence-electron chi connectivity index (χ4n) is 2.37. The predicted octanol–water partition coefficient (Wildman–Crippen LogP) is 2.74. The molecule has 7 heteroatoms. The van der Waals surface area contributed by atoms with Gasteiger partial charge in [-0.3, -0.25) is 14.2 Å². The first-order valence-corrected chi connectivity index (χ1v) is 9.35. The van der Waals surface area contributed by atoms with Crippen molar-refractivity contribution in [3.05, 3.63) is 84.3 Å². The summed E-state index contributed by atoms with van der Waals surface area (Å²) in [6, 6.07) is 16.7. The van der Waals surface area contributed by atoms with Gasteiger partial charge in [0, 0.05) is 21.4 Å². The lowest BCUT2D eigenvalue weighted by atomic mass is 10.2. The maximum absolute atomic E-state index is 13.0. The molecular weight excluding hydrogens is 355 g/mol. The Kier molecular flexibility index (Phi) is 4.73. The fourth-order valence-corrected chi connectivity index (χ4v) is 3.85. The number of benzene rings is 2. The standard InChI is InChI=1S/C19H15FN2O3S/c1-26(25,17-5-3-2-4-6-17)18-12-7-14(13-22(18)24)19(23)21-16-10-8-15(20)9-11-16/h2-13H,1H2,(H-,21,23,24,25)/p+1. The summed E-state index contributed by atoms with van der Waals surface area (Å²) in [4.78, 5) is 12.7. The zero-order valence-corrected chi connectivity index (χ0v) is 14.4. The number of halogens is 1. The van der Waals surface area contributed by atoms with Crippen LogP contribution in [0.2, 0.25) is 0 Å². The van der Waals surface area contributed by atoms with Gasteiger partial charge in [0.15, 0.2) is 0 Å². The van der Waals surface area contributed by atoms with Gasteiger partial charge in [0.1, 0.15) is 11.4 Å². The molecule has 0 bridgehead atoms. The number of carbonyl (C=O) groups is 1. The van der Waals surface area contributed by atoms with Crippen molar-refractivity contribution in [2.75, 3.05) is 5.32 Å². The second-order valence-corrected chi connectivity index (χ2v) is 7.79. The molecule has 0 saturated heterocycles. The zero-order chi connectivity index (χ0) is 18.7. The monoisotopic (exact) mass is 371 g/mol. The number of pyridine rings is 1. The van der Waals surface area contributed by atoms with Gasteiger partial charge in [-0.05, 0) is 48.3 Å². The molecule has 2 aromatic carbocycles. The minimum absolute atomic E-state index is 0.0713. The number of rotatable bonds is 4. The molecule has 0 spiro atoms. The highest BCUT2D eigenvalue weighted by atomic mass is 32.2. The maximum atomic E-state index is 13.0. The number of nitrogens with zero attached hydrogens (tertiary/aromatic N) is 1. The minimum Gasteiger partial charge on any atom is -0.322 e. The van der Waals surface area contributed by atoms with E-state index in [4.69, 9.17) is 0 Å². The van der Waals surface area contributed by atoms with E-state index in [-0.39, 0.29) is 10.6 Å². The highest BCUT2D eigenvalue weighted by molar-refractivity contribution is 8.00. The van der Waals surface area contributed by atoms with E-state index in [1.54, 1.807) is 30.3 Å². The summed E-state index contributed by atoms with van der Waals surface area (Å²) in [5.74, 6) is 2.82. The number of nitrogens with one attached hydrogen (secondary N) is 1. The van der Waals surface area contributed by atoms with Crippen molar-refractivity contribution in [1.29, 1.82) is 0 Å². The van der Waals surface area contributed by atoms with Crippen molar-refractivity contribution >= 4 is 27.0 Å². The Morgan fingerprint density at radius 1 is 1.04 bits per heavy atom. The van der Waals surface area contributed by atoms with Crippen LogP contribution >= 0.6 is 0 Å². The van der Waals surface area contributed by atoms with Crippen LogP contribution in [-0.2, 0) is 9.52 Å². The Balaban J connectivity index is 1.88. The van der Waals surface area contributed by atoms with Crippen molar-refractivity contribution in [3.8, 4) is 0 Å². The lowest BCUT2D eigenvalue weighted by Gasteiger charge is -2.07. The molecule has 3 aromatic rings. The van der Waals surface area contributed by atoms with Crippen LogP contribution in [0.5, 0.6) is 0 Å². The molecule has 1 aromatic heterocycles. The number of anilines is 1. The summed E-state index contributed by atoms with van der Waals surface area (Å²) >= 11 is 0. The van der Waals surface area contributed by atoms with Crippen molar-refractivity contribution in [3.63, 3.8) is 0 Å². The molecule has 1 unspecified atom stereocenters. The third-order valence-electron chi connectivity index (χ3n) is 3.72. The molecule has 5 nitrogen and oxygen atoms in total. The predicted molar refractivity (Wildman–Crippen MR) is 96.4 cm³/mol. The Morgan fingerprint density at radius 2 is 1.69 bits per heavy atom. The van der Waals surface area contributed by atoms with Gasteiger partial charge in [-0.1, -0.05) is 18.2 Å². The smallest absolute Gasteiger partial charge is 0.316 e. The van der Waals surface area contributed by atoms with Crippen LogP contribution in [-0.4, -0.2) is 21.2 Å². The van der Waals surface area contributed by atoms with E-state index >= 15 is 0 Å². The number of carbonyl (C=O) groups excluding carboxylic acids is 1. The second-order valence-electron chi connectivity index (χ2n) is 5.55. The molecule has 0 aliphatic carbocycles. The van der Waals surface area contributed by atoms with Crippen LogP contribution in [0.1, 0.15) is 10.4 Å². The first-order chi connectivity index (χ1) is 12.4. The Bertz CT molecular complexity index is 1050. The lowest BCUT2D eigenvalue weighted by Crippen LogP contribution is -2.38. The molecule has 1 amide bonds. The number of aromatic nitrogens is 1. The zero-order valence-electron chi connectivity index (χ0n) is 13.6. The lowest BCUT2D eigenvalue weighted by molar-refractivity contribution is -0.932. The molecule has 0 radical (unpaired) electrons. The van der Waals surface area contributed by atoms with Crippen molar-refractivity contribution in [1.82, 2.24) is 0 Å². The highest BCUT2D eigenvalue weighted by Crippen LogP contribution is 2.18. The molecule has 1 heterocycles. The average molecular weight is 371 g/mol. The first-order valence-electron chi connectivity index (χ1n) is 7.62. The van der Waals surface area contributed by atoms with Crippen molar-refractivity contribution < 1.29 is 23.3 Å². The third kappa shape index (κ3) is 3.57. The molecule has 0 saturated carbocycles. The van der Waals surface area contributed by atoms with Crippen LogP contribution in [0.3, 0.4) is 0 Å². The molecule has 132 valence electrons. The van der Waals surface area contributed by atoms with Gasteiger partial charge in [0.25, 0.3) is 5.91 Å². The van der Waals surface area contributed by atoms with E-state index < -0.39 is 21.2 Å². The van der Waals surface area contributed by atoms with Gasteiger partial charge in [0.2, 0.25) is 6.20 Å².